The van der Waals surface area contributed by atoms with Crippen molar-refractivity contribution in [3.8, 4) is 0 Å². The van der Waals surface area contributed by atoms with E-state index >= 15 is 0 Å². The first-order valence-corrected chi connectivity index (χ1v) is 5.07. The zero-order chi connectivity index (χ0) is 10.2. The van der Waals surface area contributed by atoms with Gasteiger partial charge >= 0.3 is 0 Å². The smallest absolute Gasteiger partial charge is 0.270 e. The number of amides is 1. The molecule has 0 aromatic carbocycles. The van der Waals surface area contributed by atoms with Crippen LogP contribution in [0.3, 0.4) is 0 Å². The van der Waals surface area contributed by atoms with Gasteiger partial charge in [-0.3, -0.25) is 9.48 Å². The van der Waals surface area contributed by atoms with Gasteiger partial charge in [-0.2, -0.15) is 5.10 Å². The number of alkyl halides is 1. The van der Waals surface area contributed by atoms with E-state index in [4.69, 9.17) is 11.6 Å². The molecule has 0 radical (unpaired) electrons. The molecular formula is C9H12ClN3O. The molecule has 1 N–H and O–H groups in total. The fraction of sp³-hybridized carbons (Fsp3) is 0.556. The number of aryl methyl sites for hydroxylation is 1. The number of nitrogens with one attached hydrogen (secondary N) is 1. The number of hydrogen-bond donors (Lipinski definition) is 1. The second kappa shape index (κ2) is 3.28. The van der Waals surface area contributed by atoms with E-state index in [9.17, 15) is 4.79 Å². The SMILES string of the molecule is Cn1nccc1C(=O)NC1(CCl)CC1. The van der Waals surface area contributed by atoms with Gasteiger partial charge in [0, 0.05) is 19.1 Å². The quantitative estimate of drug-likeness (QED) is 0.760. The van der Waals surface area contributed by atoms with Gasteiger partial charge in [0.1, 0.15) is 5.69 Å². The van der Waals surface area contributed by atoms with E-state index in [-0.39, 0.29) is 11.4 Å². The molecular weight excluding hydrogens is 202 g/mol. The van der Waals surface area contributed by atoms with Crippen LogP contribution in [0.1, 0.15) is 23.3 Å². The van der Waals surface area contributed by atoms with E-state index in [2.05, 4.69) is 10.4 Å². The van der Waals surface area contributed by atoms with E-state index in [0.29, 0.717) is 11.6 Å². The molecule has 1 aromatic rings. The molecule has 76 valence electrons. The van der Waals surface area contributed by atoms with Gasteiger partial charge in [0.15, 0.2) is 0 Å². The van der Waals surface area contributed by atoms with Crippen molar-refractivity contribution in [3.63, 3.8) is 0 Å². The van der Waals surface area contributed by atoms with Crippen molar-refractivity contribution in [2.24, 2.45) is 7.05 Å². The molecule has 0 unspecified atom stereocenters. The van der Waals surface area contributed by atoms with E-state index in [1.165, 1.54) is 0 Å². The maximum atomic E-state index is 11.7. The van der Waals surface area contributed by atoms with Gasteiger partial charge in [-0.05, 0) is 18.9 Å². The summed E-state index contributed by atoms with van der Waals surface area (Å²) in [4.78, 5) is 11.7. The van der Waals surface area contributed by atoms with Gasteiger partial charge in [0.25, 0.3) is 5.91 Å². The van der Waals surface area contributed by atoms with Gasteiger partial charge in [0.05, 0.1) is 5.54 Å². The lowest BCUT2D eigenvalue weighted by Crippen LogP contribution is -2.39. The summed E-state index contributed by atoms with van der Waals surface area (Å²) < 4.78 is 1.56. The molecule has 0 spiro atoms. The van der Waals surface area contributed by atoms with E-state index in [1.807, 2.05) is 0 Å². The maximum Gasteiger partial charge on any atom is 0.270 e. The molecule has 0 bridgehead atoms. The van der Waals surface area contributed by atoms with Crippen LogP contribution in [0.4, 0.5) is 0 Å². The summed E-state index contributed by atoms with van der Waals surface area (Å²) in [6.45, 7) is 0. The molecule has 5 heteroatoms. The number of halogens is 1. The molecule has 1 saturated carbocycles. The summed E-state index contributed by atoms with van der Waals surface area (Å²) in [6, 6.07) is 1.69. The topological polar surface area (TPSA) is 46.9 Å². The van der Waals surface area contributed by atoms with Crippen LogP contribution in [0.15, 0.2) is 12.3 Å². The molecule has 14 heavy (non-hydrogen) atoms. The minimum Gasteiger partial charge on any atom is -0.344 e. The van der Waals surface area contributed by atoms with Crippen LogP contribution in [-0.4, -0.2) is 27.1 Å². The molecule has 0 aliphatic heterocycles. The predicted molar refractivity (Wildman–Crippen MR) is 53.4 cm³/mol. The molecule has 0 atom stereocenters. The third kappa shape index (κ3) is 1.62. The molecule has 1 aliphatic rings. The lowest BCUT2D eigenvalue weighted by molar-refractivity contribution is 0.0926. The van der Waals surface area contributed by atoms with Gasteiger partial charge in [0.2, 0.25) is 0 Å². The van der Waals surface area contributed by atoms with Crippen LogP contribution in [0, 0.1) is 0 Å². The zero-order valence-corrected chi connectivity index (χ0v) is 8.71. The van der Waals surface area contributed by atoms with Crippen molar-refractivity contribution in [2.45, 2.75) is 18.4 Å². The molecule has 4 nitrogen and oxygen atoms in total. The summed E-state index contributed by atoms with van der Waals surface area (Å²) in [5, 5.41) is 6.87. The molecule has 1 amide bonds. The number of nitrogens with zero attached hydrogens (tertiary/aromatic N) is 2. The Kier molecular flexibility index (Phi) is 2.23. The van der Waals surface area contributed by atoms with Gasteiger partial charge < -0.3 is 5.32 Å². The largest absolute Gasteiger partial charge is 0.344 e. The third-order valence-electron chi connectivity index (χ3n) is 2.54. The van der Waals surface area contributed by atoms with Crippen LogP contribution in [0.5, 0.6) is 0 Å². The van der Waals surface area contributed by atoms with E-state index in [1.54, 1.807) is 24.0 Å². The van der Waals surface area contributed by atoms with Crippen LogP contribution in [0.25, 0.3) is 0 Å². The number of hydrogen-bond acceptors (Lipinski definition) is 2. The highest BCUT2D eigenvalue weighted by Crippen LogP contribution is 2.36. The maximum absolute atomic E-state index is 11.7. The lowest BCUT2D eigenvalue weighted by Gasteiger charge is -2.13. The Bertz CT molecular complexity index is 357. The minimum atomic E-state index is -0.150. The van der Waals surface area contributed by atoms with Crippen LogP contribution in [0.2, 0.25) is 0 Å². The summed E-state index contributed by atoms with van der Waals surface area (Å²) >= 11 is 5.76. The Labute approximate surface area is 87.2 Å². The summed E-state index contributed by atoms with van der Waals surface area (Å²) in [7, 11) is 1.75. The van der Waals surface area contributed by atoms with Crippen LogP contribution >= 0.6 is 11.6 Å². The second-order valence-electron chi connectivity index (χ2n) is 3.71. The summed E-state index contributed by atoms with van der Waals surface area (Å²) in [5.41, 5.74) is 0.421. The average molecular weight is 214 g/mol. The highest BCUT2D eigenvalue weighted by molar-refractivity contribution is 6.19. The van der Waals surface area contributed by atoms with Crippen molar-refractivity contribution in [1.82, 2.24) is 15.1 Å². The average Bonchev–Trinajstić information content (AvgIpc) is 2.80. The Balaban J connectivity index is 2.07. The first-order chi connectivity index (χ1) is 6.67. The molecule has 1 fully saturated rings. The van der Waals surface area contributed by atoms with Crippen LogP contribution < -0.4 is 5.32 Å². The van der Waals surface area contributed by atoms with E-state index < -0.39 is 0 Å². The van der Waals surface area contributed by atoms with Gasteiger partial charge in [-0.25, -0.2) is 0 Å². The summed E-state index contributed by atoms with van der Waals surface area (Å²) in [6.07, 6.45) is 3.55. The van der Waals surface area contributed by atoms with Gasteiger partial charge in [-0.15, -0.1) is 11.6 Å². The Morgan fingerprint density at radius 3 is 2.93 bits per heavy atom. The Hall–Kier alpha value is -1.03. The number of carbonyl (C=O) groups excluding carboxylic acids is 1. The monoisotopic (exact) mass is 213 g/mol. The van der Waals surface area contributed by atoms with Crippen molar-refractivity contribution >= 4 is 17.5 Å². The van der Waals surface area contributed by atoms with Crippen molar-refractivity contribution in [2.75, 3.05) is 5.88 Å². The van der Waals surface area contributed by atoms with Crippen molar-refractivity contribution < 1.29 is 4.79 Å². The van der Waals surface area contributed by atoms with Gasteiger partial charge in [-0.1, -0.05) is 0 Å². The molecule has 1 aromatic heterocycles. The zero-order valence-electron chi connectivity index (χ0n) is 7.96. The van der Waals surface area contributed by atoms with Crippen LogP contribution in [-0.2, 0) is 7.05 Å². The number of aromatic nitrogens is 2. The highest BCUT2D eigenvalue weighted by Gasteiger charge is 2.43. The number of rotatable bonds is 3. The normalized spacial score (nSPS) is 17.9. The molecule has 1 heterocycles. The first-order valence-electron chi connectivity index (χ1n) is 4.53. The molecule has 0 saturated heterocycles. The Morgan fingerprint density at radius 1 is 1.79 bits per heavy atom. The fourth-order valence-corrected chi connectivity index (χ4v) is 1.68. The lowest BCUT2D eigenvalue weighted by atomic mass is 10.3. The third-order valence-corrected chi connectivity index (χ3v) is 3.05. The highest BCUT2D eigenvalue weighted by atomic mass is 35.5. The van der Waals surface area contributed by atoms with Crippen molar-refractivity contribution in [1.29, 1.82) is 0 Å². The minimum absolute atomic E-state index is 0.0943. The predicted octanol–water partition coefficient (Wildman–Crippen LogP) is 0.921. The Morgan fingerprint density at radius 2 is 2.50 bits per heavy atom. The molecule has 1 aliphatic carbocycles. The fourth-order valence-electron chi connectivity index (χ4n) is 1.34. The standard InChI is InChI=1S/C9H12ClN3O/c1-13-7(2-5-11-13)8(14)12-9(6-10)3-4-9/h2,5H,3-4,6H2,1H3,(H,12,14). The second-order valence-corrected chi connectivity index (χ2v) is 3.98. The first kappa shape index (κ1) is 9.52. The summed E-state index contributed by atoms with van der Waals surface area (Å²) in [5.74, 6) is 0.388. The van der Waals surface area contributed by atoms with E-state index in [0.717, 1.165) is 12.8 Å². The number of carbonyl (C=O) groups is 1. The molecule has 2 rings (SSSR count). The van der Waals surface area contributed by atoms with Crippen molar-refractivity contribution in [3.05, 3.63) is 18.0 Å².